The standard InChI is InChI=1S/C17H24N4/c1-14(2)21-10-8-20(9-11-21)13-16-12-18-17(19-16)15-6-4-3-5-7-15/h3-7,12,14H,8-11,13H2,1-2H3,(H,18,19). The number of hydrogen-bond acceptors (Lipinski definition) is 3. The van der Waals surface area contributed by atoms with Gasteiger partial charge in [-0.15, -0.1) is 0 Å². The van der Waals surface area contributed by atoms with E-state index >= 15 is 0 Å². The fourth-order valence-corrected chi connectivity index (χ4v) is 2.86. The summed E-state index contributed by atoms with van der Waals surface area (Å²) in [6, 6.07) is 10.9. The van der Waals surface area contributed by atoms with Crippen LogP contribution in [0.5, 0.6) is 0 Å². The van der Waals surface area contributed by atoms with Crippen LogP contribution in [-0.2, 0) is 6.54 Å². The summed E-state index contributed by atoms with van der Waals surface area (Å²) in [6.45, 7) is 10.1. The molecule has 0 aliphatic carbocycles. The SMILES string of the molecule is CC(C)N1CCN(Cc2cnc(-c3ccccc3)[nH]2)CC1. The molecule has 1 aromatic carbocycles. The van der Waals surface area contributed by atoms with Crippen LogP contribution < -0.4 is 0 Å². The maximum atomic E-state index is 4.50. The summed E-state index contributed by atoms with van der Waals surface area (Å²) in [4.78, 5) is 13.0. The Bertz CT molecular complexity index is 553. The second-order valence-corrected chi connectivity index (χ2v) is 6.03. The Morgan fingerprint density at radius 2 is 1.81 bits per heavy atom. The van der Waals surface area contributed by atoms with Crippen LogP contribution in [-0.4, -0.2) is 52.0 Å². The Hall–Kier alpha value is -1.65. The van der Waals surface area contributed by atoms with Gasteiger partial charge in [0, 0.05) is 56.2 Å². The van der Waals surface area contributed by atoms with E-state index in [2.05, 4.69) is 45.7 Å². The zero-order valence-electron chi connectivity index (χ0n) is 12.9. The lowest BCUT2D eigenvalue weighted by Crippen LogP contribution is -2.48. The number of piperazine rings is 1. The number of H-pyrrole nitrogens is 1. The molecular weight excluding hydrogens is 260 g/mol. The number of aromatic amines is 1. The van der Waals surface area contributed by atoms with Crippen LogP contribution in [0.4, 0.5) is 0 Å². The highest BCUT2D eigenvalue weighted by Gasteiger charge is 2.19. The number of nitrogens with one attached hydrogen (secondary N) is 1. The van der Waals surface area contributed by atoms with Crippen molar-refractivity contribution in [3.63, 3.8) is 0 Å². The summed E-state index contributed by atoms with van der Waals surface area (Å²) in [5, 5.41) is 0. The summed E-state index contributed by atoms with van der Waals surface area (Å²) in [5.74, 6) is 0.964. The van der Waals surface area contributed by atoms with Crippen molar-refractivity contribution in [1.82, 2.24) is 19.8 Å². The van der Waals surface area contributed by atoms with Crippen molar-refractivity contribution in [3.8, 4) is 11.4 Å². The van der Waals surface area contributed by atoms with E-state index in [9.17, 15) is 0 Å². The molecule has 0 unspecified atom stereocenters. The van der Waals surface area contributed by atoms with Crippen LogP contribution >= 0.6 is 0 Å². The molecule has 0 spiro atoms. The van der Waals surface area contributed by atoms with Gasteiger partial charge < -0.3 is 4.98 Å². The molecule has 1 aromatic heterocycles. The number of nitrogens with zero attached hydrogens (tertiary/aromatic N) is 3. The molecule has 3 rings (SSSR count). The molecule has 2 heterocycles. The lowest BCUT2D eigenvalue weighted by molar-refractivity contribution is 0.103. The third kappa shape index (κ3) is 3.52. The maximum absolute atomic E-state index is 4.50. The molecule has 0 saturated carbocycles. The zero-order valence-corrected chi connectivity index (χ0v) is 12.9. The van der Waals surface area contributed by atoms with Gasteiger partial charge in [-0.3, -0.25) is 9.80 Å². The molecule has 1 fully saturated rings. The molecule has 4 nitrogen and oxygen atoms in total. The Balaban J connectivity index is 1.59. The van der Waals surface area contributed by atoms with Gasteiger partial charge in [-0.2, -0.15) is 0 Å². The molecule has 0 radical (unpaired) electrons. The molecule has 1 saturated heterocycles. The van der Waals surface area contributed by atoms with Gasteiger partial charge in [0.2, 0.25) is 0 Å². The normalized spacial score (nSPS) is 17.5. The highest BCUT2D eigenvalue weighted by Crippen LogP contribution is 2.16. The summed E-state index contributed by atoms with van der Waals surface area (Å²) < 4.78 is 0. The van der Waals surface area contributed by atoms with Crippen molar-refractivity contribution in [3.05, 3.63) is 42.2 Å². The summed E-state index contributed by atoms with van der Waals surface area (Å²) >= 11 is 0. The summed E-state index contributed by atoms with van der Waals surface area (Å²) in [6.07, 6.45) is 1.97. The van der Waals surface area contributed by atoms with Crippen molar-refractivity contribution in [2.75, 3.05) is 26.2 Å². The summed E-state index contributed by atoms with van der Waals surface area (Å²) in [5.41, 5.74) is 2.35. The largest absolute Gasteiger partial charge is 0.341 e. The monoisotopic (exact) mass is 284 g/mol. The highest BCUT2D eigenvalue weighted by molar-refractivity contribution is 5.54. The van der Waals surface area contributed by atoms with E-state index in [0.717, 1.165) is 44.1 Å². The Labute approximate surface area is 126 Å². The fourth-order valence-electron chi connectivity index (χ4n) is 2.86. The van der Waals surface area contributed by atoms with Crippen molar-refractivity contribution in [1.29, 1.82) is 0 Å². The topological polar surface area (TPSA) is 35.2 Å². The van der Waals surface area contributed by atoms with Crippen LogP contribution in [0.3, 0.4) is 0 Å². The van der Waals surface area contributed by atoms with E-state index in [-0.39, 0.29) is 0 Å². The Morgan fingerprint density at radius 3 is 2.48 bits per heavy atom. The maximum Gasteiger partial charge on any atom is 0.137 e. The molecule has 1 aliphatic rings. The van der Waals surface area contributed by atoms with Crippen LogP contribution in [0.25, 0.3) is 11.4 Å². The van der Waals surface area contributed by atoms with Crippen LogP contribution in [0.1, 0.15) is 19.5 Å². The Kier molecular flexibility index (Phi) is 4.36. The highest BCUT2D eigenvalue weighted by atomic mass is 15.3. The first kappa shape index (κ1) is 14.3. The van der Waals surface area contributed by atoms with Crippen molar-refractivity contribution in [2.45, 2.75) is 26.4 Å². The number of benzene rings is 1. The minimum absolute atomic E-state index is 0.656. The number of rotatable bonds is 4. The van der Waals surface area contributed by atoms with Gasteiger partial charge in [0.1, 0.15) is 5.82 Å². The van der Waals surface area contributed by atoms with E-state index in [0.29, 0.717) is 6.04 Å². The van der Waals surface area contributed by atoms with Gasteiger partial charge in [-0.1, -0.05) is 30.3 Å². The third-order valence-corrected chi connectivity index (χ3v) is 4.21. The molecule has 0 atom stereocenters. The zero-order chi connectivity index (χ0) is 14.7. The molecule has 0 bridgehead atoms. The van der Waals surface area contributed by atoms with Crippen molar-refractivity contribution < 1.29 is 0 Å². The van der Waals surface area contributed by atoms with Crippen molar-refractivity contribution >= 4 is 0 Å². The van der Waals surface area contributed by atoms with Crippen LogP contribution in [0.15, 0.2) is 36.5 Å². The van der Waals surface area contributed by atoms with Gasteiger partial charge in [-0.25, -0.2) is 4.98 Å². The van der Waals surface area contributed by atoms with E-state index in [1.807, 2.05) is 24.4 Å². The average molecular weight is 284 g/mol. The van der Waals surface area contributed by atoms with Crippen molar-refractivity contribution in [2.24, 2.45) is 0 Å². The molecule has 0 amide bonds. The molecular formula is C17H24N4. The average Bonchev–Trinajstić information content (AvgIpc) is 2.97. The second-order valence-electron chi connectivity index (χ2n) is 6.03. The molecule has 1 N–H and O–H groups in total. The molecule has 2 aromatic rings. The van der Waals surface area contributed by atoms with E-state index in [1.165, 1.54) is 5.69 Å². The predicted molar refractivity (Wildman–Crippen MR) is 86.0 cm³/mol. The summed E-state index contributed by atoms with van der Waals surface area (Å²) in [7, 11) is 0. The first-order valence-electron chi connectivity index (χ1n) is 7.78. The van der Waals surface area contributed by atoms with E-state index in [1.54, 1.807) is 0 Å². The first-order chi connectivity index (χ1) is 10.2. The van der Waals surface area contributed by atoms with Gasteiger partial charge in [0.25, 0.3) is 0 Å². The lowest BCUT2D eigenvalue weighted by atomic mass is 10.2. The predicted octanol–water partition coefficient (Wildman–Crippen LogP) is 2.60. The molecule has 1 aliphatic heterocycles. The quantitative estimate of drug-likeness (QED) is 0.937. The molecule has 4 heteroatoms. The minimum Gasteiger partial charge on any atom is -0.341 e. The minimum atomic E-state index is 0.656. The van der Waals surface area contributed by atoms with Gasteiger partial charge in [0.05, 0.1) is 0 Å². The Morgan fingerprint density at radius 1 is 1.10 bits per heavy atom. The van der Waals surface area contributed by atoms with Crippen LogP contribution in [0.2, 0.25) is 0 Å². The van der Waals surface area contributed by atoms with Gasteiger partial charge in [-0.05, 0) is 13.8 Å². The molecule has 112 valence electrons. The number of aromatic nitrogens is 2. The number of hydrogen-bond donors (Lipinski definition) is 1. The fraction of sp³-hybridized carbons (Fsp3) is 0.471. The van der Waals surface area contributed by atoms with Crippen LogP contribution in [0, 0.1) is 0 Å². The lowest BCUT2D eigenvalue weighted by Gasteiger charge is -2.36. The van der Waals surface area contributed by atoms with E-state index < -0.39 is 0 Å². The van der Waals surface area contributed by atoms with Gasteiger partial charge >= 0.3 is 0 Å². The third-order valence-electron chi connectivity index (χ3n) is 4.21. The molecule has 21 heavy (non-hydrogen) atoms. The number of imidazole rings is 1. The first-order valence-corrected chi connectivity index (χ1v) is 7.78. The second kappa shape index (κ2) is 6.41. The smallest absolute Gasteiger partial charge is 0.137 e. The van der Waals surface area contributed by atoms with Gasteiger partial charge in [0.15, 0.2) is 0 Å². The van der Waals surface area contributed by atoms with E-state index in [4.69, 9.17) is 0 Å².